The zero-order chi connectivity index (χ0) is 39.4. The second kappa shape index (κ2) is 15.9. The van der Waals surface area contributed by atoms with Gasteiger partial charge >= 0.3 is 17.9 Å². The third kappa shape index (κ3) is 8.51. The fourth-order valence-electron chi connectivity index (χ4n) is 5.89. The van der Waals surface area contributed by atoms with E-state index in [1.54, 1.807) is 32.9 Å². The van der Waals surface area contributed by atoms with Crippen LogP contribution in [0.15, 0.2) is 88.6 Å². The first kappa shape index (κ1) is 38.2. The van der Waals surface area contributed by atoms with Gasteiger partial charge in [-0.25, -0.2) is 27.7 Å². The van der Waals surface area contributed by atoms with Crippen molar-refractivity contribution in [1.29, 1.82) is 0 Å². The second-order valence-corrected chi connectivity index (χ2v) is 14.2. The lowest BCUT2D eigenvalue weighted by Crippen LogP contribution is -2.40. The van der Waals surface area contributed by atoms with E-state index >= 15 is 8.78 Å². The van der Waals surface area contributed by atoms with Gasteiger partial charge in [0.1, 0.15) is 28.7 Å². The van der Waals surface area contributed by atoms with Crippen LogP contribution in [0.2, 0.25) is 0 Å². The van der Waals surface area contributed by atoms with E-state index < -0.39 is 58.7 Å². The third-order valence-corrected chi connectivity index (χ3v) is 9.51. The predicted molar refractivity (Wildman–Crippen MR) is 201 cm³/mol. The molecule has 0 spiro atoms. The van der Waals surface area contributed by atoms with Gasteiger partial charge < -0.3 is 19.9 Å². The van der Waals surface area contributed by atoms with Crippen molar-refractivity contribution in [2.24, 2.45) is 5.73 Å². The van der Waals surface area contributed by atoms with Crippen molar-refractivity contribution in [3.05, 3.63) is 128 Å². The number of anilines is 1. The molecule has 4 heterocycles. The molecule has 1 atom stereocenters. The summed E-state index contributed by atoms with van der Waals surface area (Å²) < 4.78 is 48.0. The number of carbonyl (C=O) groups is 2. The molecular weight excluding hydrogens is 737 g/mol. The molecule has 2 amide bonds. The first-order chi connectivity index (χ1) is 26.2. The maximum atomic E-state index is 15.2. The van der Waals surface area contributed by atoms with E-state index in [1.165, 1.54) is 31.5 Å². The van der Waals surface area contributed by atoms with Gasteiger partial charge in [-0.15, -0.1) is 21.5 Å². The summed E-state index contributed by atoms with van der Waals surface area (Å²) in [5, 5.41) is 10.6. The summed E-state index contributed by atoms with van der Waals surface area (Å²) >= 11 is 0.976. The van der Waals surface area contributed by atoms with Crippen LogP contribution < -0.4 is 27.0 Å². The van der Waals surface area contributed by atoms with E-state index in [1.807, 2.05) is 30.3 Å². The fraction of sp³-hybridized carbons (Fsp3) is 0.237. The maximum absolute atomic E-state index is 15.2. The van der Waals surface area contributed by atoms with Gasteiger partial charge in [-0.05, 0) is 68.7 Å². The van der Waals surface area contributed by atoms with Crippen molar-refractivity contribution in [1.82, 2.24) is 24.3 Å². The molecule has 0 saturated heterocycles. The number of halogens is 2. The Morgan fingerprint density at radius 1 is 0.964 bits per heavy atom. The summed E-state index contributed by atoms with van der Waals surface area (Å²) in [5.41, 5.74) is 4.17. The number of nitrogens with zero attached hydrogens (tertiary/aromatic N) is 5. The van der Waals surface area contributed by atoms with E-state index in [2.05, 4.69) is 20.5 Å². The highest BCUT2D eigenvalue weighted by Crippen LogP contribution is 2.42. The lowest BCUT2D eigenvalue weighted by Gasteiger charge is -2.20. The number of amides is 2. The average molecular weight is 772 g/mol. The highest BCUT2D eigenvalue weighted by molar-refractivity contribution is 7.22. The summed E-state index contributed by atoms with van der Waals surface area (Å²) in [6.45, 7) is 4.24. The highest BCUT2D eigenvalue weighted by Gasteiger charge is 2.31. The van der Waals surface area contributed by atoms with Gasteiger partial charge in [0.25, 0.3) is 5.56 Å². The van der Waals surface area contributed by atoms with Gasteiger partial charge in [0.05, 0.1) is 41.5 Å². The van der Waals surface area contributed by atoms with Gasteiger partial charge in [0, 0.05) is 17.5 Å². The normalized spacial score (nSPS) is 12.0. The Kier molecular flexibility index (Phi) is 11.0. The van der Waals surface area contributed by atoms with Crippen molar-refractivity contribution < 1.29 is 32.6 Å². The Bertz CT molecular complexity index is 2460. The number of thiophene rings is 1. The molecule has 17 heteroatoms. The number of nitrogens with two attached hydrogens (primary N) is 1. The predicted octanol–water partition coefficient (Wildman–Crippen LogP) is 6.17. The van der Waals surface area contributed by atoms with E-state index in [9.17, 15) is 19.2 Å². The van der Waals surface area contributed by atoms with E-state index in [4.69, 9.17) is 19.9 Å². The van der Waals surface area contributed by atoms with Crippen LogP contribution in [0.5, 0.6) is 5.88 Å². The minimum Gasteiger partial charge on any atom is -0.480 e. The standard InChI is InChI=1S/C38H35F2N7O7S/c1-38(2,3)54-36(50)43-23-13-14-27(42-18-23)32-30(22(20-53-35(41)49)17-21-9-6-5-7-10-21)31-33(48)47(28-15-16-29(52-4)45-44-28)37(51)46(34(31)55-32)19-24-25(39)11-8-12-26(24)40/h5-16,18,22H,17,19-20H2,1-4H3,(H2,41,49)(H,43,50). The molecule has 0 radical (unpaired) electrons. The van der Waals surface area contributed by atoms with Gasteiger partial charge in [-0.3, -0.25) is 19.7 Å². The summed E-state index contributed by atoms with van der Waals surface area (Å²) in [6.07, 6.45) is -0.170. The number of aromatic nitrogens is 5. The number of rotatable bonds is 11. The number of fused-ring (bicyclic) bond motifs is 1. The molecule has 3 N–H and O–H groups in total. The zero-order valence-corrected chi connectivity index (χ0v) is 30.9. The van der Waals surface area contributed by atoms with Crippen molar-refractivity contribution in [2.45, 2.75) is 45.3 Å². The Hall–Kier alpha value is -6.49. The number of carbonyl (C=O) groups excluding carboxylic acids is 2. The second-order valence-electron chi connectivity index (χ2n) is 13.2. The molecule has 0 aliphatic heterocycles. The van der Waals surface area contributed by atoms with Crippen molar-refractivity contribution in [3.63, 3.8) is 0 Å². The molecule has 0 aliphatic rings. The van der Waals surface area contributed by atoms with Gasteiger partial charge in [-0.2, -0.15) is 0 Å². The minimum absolute atomic E-state index is 0.0271. The van der Waals surface area contributed by atoms with Crippen LogP contribution >= 0.6 is 11.3 Å². The topological polar surface area (TPSA) is 183 Å². The molecule has 2 aromatic carbocycles. The van der Waals surface area contributed by atoms with Crippen molar-refractivity contribution in [2.75, 3.05) is 19.0 Å². The lowest BCUT2D eigenvalue weighted by atomic mass is 9.90. The Balaban J connectivity index is 1.65. The number of ether oxygens (including phenoxy) is 3. The lowest BCUT2D eigenvalue weighted by molar-refractivity contribution is 0.0635. The summed E-state index contributed by atoms with van der Waals surface area (Å²) in [6, 6.07) is 18.4. The summed E-state index contributed by atoms with van der Waals surface area (Å²) in [4.78, 5) is 58.7. The van der Waals surface area contributed by atoms with Gasteiger partial charge in [-0.1, -0.05) is 36.4 Å². The maximum Gasteiger partial charge on any atom is 0.412 e. The number of methoxy groups -OCH3 is 1. The molecule has 6 aromatic rings. The molecule has 4 aromatic heterocycles. The summed E-state index contributed by atoms with van der Waals surface area (Å²) in [7, 11) is 1.37. The van der Waals surface area contributed by atoms with Gasteiger partial charge in [0.2, 0.25) is 5.88 Å². The Morgan fingerprint density at radius 2 is 1.69 bits per heavy atom. The Labute approximate surface area is 316 Å². The SMILES string of the molecule is COc1ccc(-n2c(=O)c3c(C(COC(N)=O)Cc4ccccc4)c(-c4ccc(NC(=O)OC(C)(C)C)cn4)sc3n(Cc3c(F)cccc3F)c2=O)nn1. The number of nitrogens with one attached hydrogen (secondary N) is 1. The molecule has 14 nitrogen and oxygen atoms in total. The van der Waals surface area contributed by atoms with Crippen LogP contribution in [-0.4, -0.2) is 55.8 Å². The van der Waals surface area contributed by atoms with Crippen LogP contribution in [0, 0.1) is 11.6 Å². The third-order valence-electron chi connectivity index (χ3n) is 8.25. The number of hydrogen-bond donors (Lipinski definition) is 2. The van der Waals surface area contributed by atoms with Crippen molar-refractivity contribution in [3.8, 4) is 22.3 Å². The molecule has 1 unspecified atom stereocenters. The van der Waals surface area contributed by atoms with Crippen LogP contribution in [-0.2, 0) is 22.4 Å². The average Bonchev–Trinajstić information content (AvgIpc) is 3.54. The fourth-order valence-corrected chi connectivity index (χ4v) is 7.24. The largest absolute Gasteiger partial charge is 0.480 e. The number of hydrogen-bond acceptors (Lipinski definition) is 11. The van der Waals surface area contributed by atoms with Crippen LogP contribution in [0.3, 0.4) is 0 Å². The molecule has 6 rings (SSSR count). The molecule has 284 valence electrons. The molecule has 0 aliphatic carbocycles. The van der Waals surface area contributed by atoms with E-state index in [0.717, 1.165) is 38.2 Å². The van der Waals surface area contributed by atoms with Crippen LogP contribution in [0.4, 0.5) is 24.1 Å². The van der Waals surface area contributed by atoms with Crippen LogP contribution in [0.1, 0.15) is 43.4 Å². The number of benzene rings is 2. The van der Waals surface area contributed by atoms with Crippen molar-refractivity contribution >= 4 is 39.4 Å². The molecule has 0 saturated carbocycles. The number of pyridine rings is 1. The van der Waals surface area contributed by atoms with E-state index in [0.29, 0.717) is 21.8 Å². The molecule has 0 fully saturated rings. The molecular formula is C38H35F2N7O7S. The smallest absolute Gasteiger partial charge is 0.412 e. The minimum atomic E-state index is -1.06. The van der Waals surface area contributed by atoms with Crippen LogP contribution in [0.25, 0.3) is 26.6 Å². The highest BCUT2D eigenvalue weighted by atomic mass is 32.1. The first-order valence-electron chi connectivity index (χ1n) is 16.8. The van der Waals surface area contributed by atoms with Gasteiger partial charge in [0.15, 0.2) is 5.82 Å². The molecule has 55 heavy (non-hydrogen) atoms. The number of primary amides is 1. The summed E-state index contributed by atoms with van der Waals surface area (Å²) in [5.74, 6) is -2.69. The quantitative estimate of drug-likeness (QED) is 0.155. The first-order valence-corrected chi connectivity index (χ1v) is 17.6. The zero-order valence-electron chi connectivity index (χ0n) is 30.0. The molecule has 0 bridgehead atoms. The Morgan fingerprint density at radius 3 is 2.29 bits per heavy atom. The van der Waals surface area contributed by atoms with E-state index in [-0.39, 0.29) is 34.9 Å². The monoisotopic (exact) mass is 771 g/mol.